The summed E-state index contributed by atoms with van der Waals surface area (Å²) in [6, 6.07) is 18.1. The number of hydrogen-bond acceptors (Lipinski definition) is 8. The maximum absolute atomic E-state index is 13.8. The largest absolute Gasteiger partial charge is 0.457 e. The number of rotatable bonds is 7. The number of aromatic nitrogens is 4. The Bertz CT molecular complexity index is 1680. The number of likely N-dealkylation sites (tertiary alicyclic amines) is 1. The molecular formula is C29H30N8O3. The molecule has 5 rings (SSSR count). The van der Waals surface area contributed by atoms with Crippen LogP contribution in [0.1, 0.15) is 26.7 Å². The molecule has 1 atom stereocenters. The number of anilines is 1. The van der Waals surface area contributed by atoms with Crippen LogP contribution in [0.3, 0.4) is 0 Å². The van der Waals surface area contributed by atoms with E-state index in [2.05, 4.69) is 9.97 Å². The van der Waals surface area contributed by atoms with Crippen LogP contribution in [0.5, 0.6) is 11.5 Å². The van der Waals surface area contributed by atoms with Gasteiger partial charge in [0, 0.05) is 18.6 Å². The van der Waals surface area contributed by atoms with Crippen LogP contribution in [-0.4, -0.2) is 48.0 Å². The van der Waals surface area contributed by atoms with Crippen molar-refractivity contribution in [3.8, 4) is 23.3 Å². The minimum atomic E-state index is -0.823. The van der Waals surface area contributed by atoms with E-state index in [4.69, 9.17) is 16.2 Å². The Morgan fingerprint density at radius 1 is 1.15 bits per heavy atom. The molecule has 11 heteroatoms. The van der Waals surface area contributed by atoms with Crippen molar-refractivity contribution >= 4 is 22.9 Å². The molecule has 0 aliphatic carbocycles. The molecular weight excluding hydrogens is 508 g/mol. The third kappa shape index (κ3) is 5.30. The average molecular weight is 539 g/mol. The van der Waals surface area contributed by atoms with Crippen molar-refractivity contribution in [3.63, 3.8) is 0 Å². The van der Waals surface area contributed by atoms with Crippen LogP contribution >= 0.6 is 0 Å². The molecule has 4 aromatic rings. The summed E-state index contributed by atoms with van der Waals surface area (Å²) in [7, 11) is 0. The van der Waals surface area contributed by atoms with Gasteiger partial charge in [-0.05, 0) is 69.2 Å². The SMILES string of the molecule is CC(C)(N)C=C(C#N)C(=O)N1CCCC1Cn1c(=O)n(-c2ccc(Oc3ccccc3)cc2)c2c(N)ncnc21. The molecule has 1 amide bonds. The molecule has 1 fully saturated rings. The van der Waals surface area contributed by atoms with E-state index in [0.29, 0.717) is 41.3 Å². The Hall–Kier alpha value is -4.95. The number of hydrogen-bond donors (Lipinski definition) is 2. The highest BCUT2D eigenvalue weighted by Gasteiger charge is 2.33. The van der Waals surface area contributed by atoms with E-state index in [0.717, 1.165) is 6.42 Å². The molecule has 204 valence electrons. The van der Waals surface area contributed by atoms with Crippen LogP contribution in [0.15, 0.2) is 77.4 Å². The molecule has 0 radical (unpaired) electrons. The number of nitrogens with two attached hydrogens (primary N) is 2. The maximum atomic E-state index is 13.8. The van der Waals surface area contributed by atoms with Crippen LogP contribution < -0.4 is 21.9 Å². The van der Waals surface area contributed by atoms with Gasteiger partial charge in [-0.25, -0.2) is 14.8 Å². The Balaban J connectivity index is 1.49. The lowest BCUT2D eigenvalue weighted by molar-refractivity contribution is -0.127. The van der Waals surface area contributed by atoms with Crippen molar-refractivity contribution in [1.82, 2.24) is 24.0 Å². The van der Waals surface area contributed by atoms with Gasteiger partial charge in [-0.15, -0.1) is 0 Å². The minimum Gasteiger partial charge on any atom is -0.457 e. The highest BCUT2D eigenvalue weighted by molar-refractivity contribution is 5.97. The van der Waals surface area contributed by atoms with Gasteiger partial charge in [0.15, 0.2) is 11.5 Å². The molecule has 1 aliphatic heterocycles. The summed E-state index contributed by atoms with van der Waals surface area (Å²) in [5.41, 5.74) is 12.4. The molecule has 2 aromatic heterocycles. The Morgan fingerprint density at radius 2 is 1.85 bits per heavy atom. The molecule has 1 aliphatic rings. The van der Waals surface area contributed by atoms with Crippen molar-refractivity contribution in [2.75, 3.05) is 12.3 Å². The first-order valence-electron chi connectivity index (χ1n) is 12.9. The summed E-state index contributed by atoms with van der Waals surface area (Å²) >= 11 is 0. The highest BCUT2D eigenvalue weighted by atomic mass is 16.5. The summed E-state index contributed by atoms with van der Waals surface area (Å²) in [5, 5.41) is 9.62. The zero-order valence-corrected chi connectivity index (χ0v) is 22.3. The highest BCUT2D eigenvalue weighted by Crippen LogP contribution is 2.27. The fraction of sp³-hybridized carbons (Fsp3) is 0.276. The summed E-state index contributed by atoms with van der Waals surface area (Å²) < 4.78 is 8.87. The second kappa shape index (κ2) is 10.7. The summed E-state index contributed by atoms with van der Waals surface area (Å²) in [5.74, 6) is 1.06. The van der Waals surface area contributed by atoms with Crippen LogP contribution in [0.4, 0.5) is 5.82 Å². The standard InChI is InChI=1S/C29H30N8O3/c1-29(2,32)15-19(16-30)27(38)35-14-6-7-21(35)17-36-26-24(25(31)33-18-34-26)37(28(36)39)20-10-12-23(13-11-20)40-22-8-4-3-5-9-22/h3-5,8-13,15,18,21H,6-7,14,17,32H2,1-2H3,(H2,31,33,34). The number of benzene rings is 2. The third-order valence-electron chi connectivity index (χ3n) is 6.71. The van der Waals surface area contributed by atoms with Gasteiger partial charge in [0.05, 0.1) is 11.7 Å². The average Bonchev–Trinajstić information content (AvgIpc) is 3.51. The number of ether oxygens (including phenoxy) is 1. The van der Waals surface area contributed by atoms with E-state index in [1.54, 1.807) is 43.0 Å². The molecule has 3 heterocycles. The first kappa shape index (κ1) is 26.6. The quantitative estimate of drug-likeness (QED) is 0.268. The van der Waals surface area contributed by atoms with E-state index in [1.165, 1.54) is 21.5 Å². The van der Waals surface area contributed by atoms with Crippen molar-refractivity contribution < 1.29 is 9.53 Å². The predicted octanol–water partition coefficient (Wildman–Crippen LogP) is 3.13. The number of imidazole rings is 1. The normalized spacial score (nSPS) is 15.8. The van der Waals surface area contributed by atoms with E-state index in [9.17, 15) is 14.9 Å². The minimum absolute atomic E-state index is 0.0152. The Morgan fingerprint density at radius 3 is 2.52 bits per heavy atom. The zero-order valence-electron chi connectivity index (χ0n) is 22.3. The molecule has 40 heavy (non-hydrogen) atoms. The summed E-state index contributed by atoms with van der Waals surface area (Å²) in [6.07, 6.45) is 4.20. The topological polar surface area (TPSA) is 158 Å². The molecule has 2 aromatic carbocycles. The van der Waals surface area contributed by atoms with Gasteiger partial charge in [-0.3, -0.25) is 13.9 Å². The number of carbonyl (C=O) groups excluding carboxylic acids is 1. The second-order valence-corrected chi connectivity index (χ2v) is 10.4. The van der Waals surface area contributed by atoms with Gasteiger partial charge in [0.2, 0.25) is 0 Å². The fourth-order valence-electron chi connectivity index (χ4n) is 4.97. The van der Waals surface area contributed by atoms with Crippen LogP contribution in [-0.2, 0) is 11.3 Å². The number of nitriles is 1. The number of nitrogen functional groups attached to an aromatic ring is 1. The van der Waals surface area contributed by atoms with Crippen LogP contribution in [0, 0.1) is 11.3 Å². The lowest BCUT2D eigenvalue weighted by Gasteiger charge is -2.25. The smallest absolute Gasteiger partial charge is 0.335 e. The monoisotopic (exact) mass is 538 g/mol. The number of amides is 1. The van der Waals surface area contributed by atoms with Gasteiger partial charge < -0.3 is 21.1 Å². The van der Waals surface area contributed by atoms with Crippen molar-refractivity contribution in [1.29, 1.82) is 5.26 Å². The summed E-state index contributed by atoms with van der Waals surface area (Å²) in [4.78, 5) is 37.2. The third-order valence-corrected chi connectivity index (χ3v) is 6.71. The lowest BCUT2D eigenvalue weighted by atomic mass is 10.0. The van der Waals surface area contributed by atoms with Gasteiger partial charge >= 0.3 is 5.69 Å². The van der Waals surface area contributed by atoms with E-state index >= 15 is 0 Å². The van der Waals surface area contributed by atoms with Gasteiger partial charge in [0.1, 0.15) is 35.0 Å². The molecule has 0 saturated carbocycles. The Labute approximate surface area is 230 Å². The molecule has 11 nitrogen and oxygen atoms in total. The number of carbonyl (C=O) groups is 1. The van der Waals surface area contributed by atoms with Gasteiger partial charge in [-0.1, -0.05) is 18.2 Å². The first-order chi connectivity index (χ1) is 19.2. The molecule has 1 saturated heterocycles. The van der Waals surface area contributed by atoms with E-state index in [1.807, 2.05) is 36.4 Å². The van der Waals surface area contributed by atoms with Crippen molar-refractivity contribution in [3.05, 3.63) is 83.1 Å². The molecule has 0 spiro atoms. The maximum Gasteiger partial charge on any atom is 0.335 e. The zero-order chi connectivity index (χ0) is 28.4. The molecule has 1 unspecified atom stereocenters. The lowest BCUT2D eigenvalue weighted by Crippen LogP contribution is -2.41. The first-order valence-corrected chi connectivity index (χ1v) is 12.9. The second-order valence-electron chi connectivity index (χ2n) is 10.4. The summed E-state index contributed by atoms with van der Waals surface area (Å²) in [6.45, 7) is 4.10. The van der Waals surface area contributed by atoms with Gasteiger partial charge in [-0.2, -0.15) is 5.26 Å². The molecule has 4 N–H and O–H groups in total. The number of nitrogens with zero attached hydrogens (tertiary/aromatic N) is 6. The van der Waals surface area contributed by atoms with Crippen LogP contribution in [0.25, 0.3) is 16.9 Å². The van der Waals surface area contributed by atoms with Crippen molar-refractivity contribution in [2.45, 2.75) is 44.8 Å². The number of para-hydroxylation sites is 1. The number of fused-ring (bicyclic) bond motifs is 1. The predicted molar refractivity (Wildman–Crippen MR) is 151 cm³/mol. The van der Waals surface area contributed by atoms with Gasteiger partial charge in [0.25, 0.3) is 5.91 Å². The van der Waals surface area contributed by atoms with E-state index in [-0.39, 0.29) is 29.7 Å². The molecule has 0 bridgehead atoms. The van der Waals surface area contributed by atoms with Crippen molar-refractivity contribution in [2.24, 2.45) is 5.73 Å². The fourth-order valence-corrected chi connectivity index (χ4v) is 4.97. The van der Waals surface area contributed by atoms with E-state index < -0.39 is 11.4 Å². The Kier molecular flexibility index (Phi) is 7.11. The van der Waals surface area contributed by atoms with Crippen LogP contribution in [0.2, 0.25) is 0 Å².